The molecule has 2 aromatic rings. The van der Waals surface area contributed by atoms with E-state index in [1.165, 1.54) is 18.3 Å². The summed E-state index contributed by atoms with van der Waals surface area (Å²) < 4.78 is 31.8. The smallest absolute Gasteiger partial charge is 0.238 e. The summed E-state index contributed by atoms with van der Waals surface area (Å²) in [6.45, 7) is 3.47. The highest BCUT2D eigenvalue weighted by Crippen LogP contribution is 2.24. The zero-order chi connectivity index (χ0) is 14.4. The highest BCUT2D eigenvalue weighted by molar-refractivity contribution is 5.28. The Morgan fingerprint density at radius 2 is 2.10 bits per heavy atom. The lowest BCUT2D eigenvalue weighted by Gasteiger charge is -2.07. The third kappa shape index (κ3) is 3.71. The Labute approximate surface area is 115 Å². The van der Waals surface area contributed by atoms with Gasteiger partial charge in [-0.1, -0.05) is 13.0 Å². The molecular weight excluding hydrogens is 264 g/mol. The lowest BCUT2D eigenvalue weighted by molar-refractivity contribution is 0.402. The van der Waals surface area contributed by atoms with Crippen molar-refractivity contribution in [3.63, 3.8) is 0 Å². The summed E-state index contributed by atoms with van der Waals surface area (Å²) >= 11 is 0. The van der Waals surface area contributed by atoms with Crippen molar-refractivity contribution in [3.05, 3.63) is 47.9 Å². The second-order valence-corrected chi connectivity index (χ2v) is 4.18. The average molecular weight is 279 g/mol. The minimum Gasteiger partial charge on any atom is -0.434 e. The Balaban J connectivity index is 2.09. The summed E-state index contributed by atoms with van der Waals surface area (Å²) in [6, 6.07) is 3.73. The van der Waals surface area contributed by atoms with Crippen LogP contribution in [0.1, 0.15) is 19.0 Å². The topological polar surface area (TPSA) is 47.0 Å². The van der Waals surface area contributed by atoms with Gasteiger partial charge in [-0.25, -0.2) is 9.37 Å². The van der Waals surface area contributed by atoms with Crippen molar-refractivity contribution in [2.24, 2.45) is 0 Å². The third-order valence-electron chi connectivity index (χ3n) is 2.53. The van der Waals surface area contributed by atoms with Crippen LogP contribution in [0.25, 0.3) is 0 Å². The highest BCUT2D eigenvalue weighted by atomic mass is 19.2. The van der Waals surface area contributed by atoms with E-state index >= 15 is 0 Å². The van der Waals surface area contributed by atoms with Crippen LogP contribution in [-0.4, -0.2) is 16.5 Å². The molecule has 0 spiro atoms. The number of nitrogens with zero attached hydrogens (tertiary/aromatic N) is 2. The molecule has 6 heteroatoms. The van der Waals surface area contributed by atoms with Crippen LogP contribution in [0.2, 0.25) is 0 Å². The minimum atomic E-state index is -1.04. The SMILES string of the molecule is CCCNCc1cncc(Oc2cccc(F)c2F)n1. The van der Waals surface area contributed by atoms with Gasteiger partial charge in [0.15, 0.2) is 11.6 Å². The van der Waals surface area contributed by atoms with Gasteiger partial charge >= 0.3 is 0 Å². The fourth-order valence-corrected chi connectivity index (χ4v) is 1.59. The Morgan fingerprint density at radius 3 is 2.90 bits per heavy atom. The summed E-state index contributed by atoms with van der Waals surface area (Å²) in [5, 5.41) is 3.17. The molecule has 1 heterocycles. The van der Waals surface area contributed by atoms with Crippen molar-refractivity contribution in [3.8, 4) is 11.6 Å². The molecule has 0 aliphatic carbocycles. The first-order chi connectivity index (χ1) is 9.70. The number of halogens is 2. The van der Waals surface area contributed by atoms with Gasteiger partial charge in [-0.15, -0.1) is 0 Å². The van der Waals surface area contributed by atoms with Gasteiger partial charge in [0.05, 0.1) is 11.9 Å². The predicted molar refractivity (Wildman–Crippen MR) is 70.5 cm³/mol. The fourth-order valence-electron chi connectivity index (χ4n) is 1.59. The second kappa shape index (κ2) is 6.91. The van der Waals surface area contributed by atoms with E-state index in [-0.39, 0.29) is 11.6 Å². The van der Waals surface area contributed by atoms with E-state index in [0.717, 1.165) is 19.0 Å². The molecule has 0 fully saturated rings. The van der Waals surface area contributed by atoms with Crippen LogP contribution in [0.4, 0.5) is 8.78 Å². The van der Waals surface area contributed by atoms with Crippen LogP contribution in [0.15, 0.2) is 30.6 Å². The highest BCUT2D eigenvalue weighted by Gasteiger charge is 2.10. The molecule has 0 amide bonds. The van der Waals surface area contributed by atoms with Gasteiger partial charge in [0, 0.05) is 12.7 Å². The first-order valence-corrected chi connectivity index (χ1v) is 6.34. The molecule has 0 atom stereocenters. The summed E-state index contributed by atoms with van der Waals surface area (Å²) in [7, 11) is 0. The number of benzene rings is 1. The van der Waals surface area contributed by atoms with Gasteiger partial charge in [-0.05, 0) is 25.1 Å². The average Bonchev–Trinajstić information content (AvgIpc) is 2.45. The molecule has 0 aliphatic rings. The number of hydrogen-bond donors (Lipinski definition) is 1. The Kier molecular flexibility index (Phi) is 4.95. The van der Waals surface area contributed by atoms with Gasteiger partial charge in [0.2, 0.25) is 11.7 Å². The molecule has 2 rings (SSSR count). The standard InChI is InChI=1S/C14H15F2N3O/c1-2-6-17-7-10-8-18-9-13(19-10)20-12-5-3-4-11(15)14(12)16/h3-5,8-9,17H,2,6-7H2,1H3. The molecular formula is C14H15F2N3O. The van der Waals surface area contributed by atoms with Gasteiger partial charge in [-0.3, -0.25) is 4.98 Å². The van der Waals surface area contributed by atoms with Gasteiger partial charge in [0.25, 0.3) is 0 Å². The minimum absolute atomic E-state index is 0.130. The van der Waals surface area contributed by atoms with Crippen LogP contribution in [0.3, 0.4) is 0 Å². The van der Waals surface area contributed by atoms with Crippen LogP contribution < -0.4 is 10.1 Å². The maximum absolute atomic E-state index is 13.5. The van der Waals surface area contributed by atoms with E-state index in [0.29, 0.717) is 12.2 Å². The second-order valence-electron chi connectivity index (χ2n) is 4.18. The normalized spacial score (nSPS) is 10.6. The lowest BCUT2D eigenvalue weighted by Crippen LogP contribution is -2.15. The van der Waals surface area contributed by atoms with Crippen molar-refractivity contribution < 1.29 is 13.5 Å². The quantitative estimate of drug-likeness (QED) is 0.826. The maximum atomic E-state index is 13.5. The fraction of sp³-hybridized carbons (Fsp3) is 0.286. The van der Waals surface area contributed by atoms with Crippen molar-refractivity contribution in [1.82, 2.24) is 15.3 Å². The molecule has 0 unspecified atom stereocenters. The van der Waals surface area contributed by atoms with Crippen LogP contribution in [0.5, 0.6) is 11.6 Å². The molecule has 0 aliphatic heterocycles. The number of ether oxygens (including phenoxy) is 1. The molecule has 1 aromatic carbocycles. The Bertz CT molecular complexity index is 578. The van der Waals surface area contributed by atoms with Crippen LogP contribution in [-0.2, 0) is 6.54 Å². The predicted octanol–water partition coefficient (Wildman–Crippen LogP) is 3.05. The van der Waals surface area contributed by atoms with Gasteiger partial charge in [-0.2, -0.15) is 4.39 Å². The summed E-state index contributed by atoms with van der Waals surface area (Å²) in [4.78, 5) is 8.14. The molecule has 0 bridgehead atoms. The van der Waals surface area contributed by atoms with E-state index in [9.17, 15) is 8.78 Å². The zero-order valence-corrected chi connectivity index (χ0v) is 11.1. The van der Waals surface area contributed by atoms with Crippen LogP contribution >= 0.6 is 0 Å². The Hall–Kier alpha value is -2.08. The summed E-state index contributed by atoms with van der Waals surface area (Å²) in [5.41, 5.74) is 0.674. The molecule has 106 valence electrons. The number of nitrogens with one attached hydrogen (secondary N) is 1. The van der Waals surface area contributed by atoms with E-state index in [4.69, 9.17) is 4.74 Å². The molecule has 4 nitrogen and oxygen atoms in total. The van der Waals surface area contributed by atoms with E-state index < -0.39 is 11.6 Å². The van der Waals surface area contributed by atoms with E-state index in [1.54, 1.807) is 6.20 Å². The van der Waals surface area contributed by atoms with Crippen molar-refractivity contribution in [2.45, 2.75) is 19.9 Å². The molecule has 0 saturated carbocycles. The van der Waals surface area contributed by atoms with Crippen molar-refractivity contribution in [2.75, 3.05) is 6.54 Å². The first kappa shape index (κ1) is 14.3. The molecule has 1 aromatic heterocycles. The summed E-state index contributed by atoms with van der Waals surface area (Å²) in [5.74, 6) is -2.08. The third-order valence-corrected chi connectivity index (χ3v) is 2.53. The molecule has 1 N–H and O–H groups in total. The van der Waals surface area contributed by atoms with Gasteiger partial charge < -0.3 is 10.1 Å². The number of aromatic nitrogens is 2. The first-order valence-electron chi connectivity index (χ1n) is 6.34. The van der Waals surface area contributed by atoms with Crippen LogP contribution in [0, 0.1) is 11.6 Å². The van der Waals surface area contributed by atoms with Gasteiger partial charge in [0.1, 0.15) is 0 Å². The van der Waals surface area contributed by atoms with E-state index in [2.05, 4.69) is 22.2 Å². The summed E-state index contributed by atoms with van der Waals surface area (Å²) in [6.07, 6.45) is 3.96. The van der Waals surface area contributed by atoms with Crippen molar-refractivity contribution in [1.29, 1.82) is 0 Å². The lowest BCUT2D eigenvalue weighted by atomic mass is 10.3. The largest absolute Gasteiger partial charge is 0.434 e. The monoisotopic (exact) mass is 279 g/mol. The maximum Gasteiger partial charge on any atom is 0.238 e. The molecule has 20 heavy (non-hydrogen) atoms. The van der Waals surface area contributed by atoms with E-state index in [1.807, 2.05) is 0 Å². The molecule has 0 radical (unpaired) electrons. The molecule has 0 saturated heterocycles. The number of hydrogen-bond acceptors (Lipinski definition) is 4. The number of rotatable bonds is 6. The Morgan fingerprint density at radius 1 is 1.25 bits per heavy atom. The van der Waals surface area contributed by atoms with Crippen molar-refractivity contribution >= 4 is 0 Å². The zero-order valence-electron chi connectivity index (χ0n) is 11.1.